The van der Waals surface area contributed by atoms with E-state index in [1.807, 2.05) is 35.7 Å². The van der Waals surface area contributed by atoms with Gasteiger partial charge in [-0.3, -0.25) is 9.69 Å². The fraction of sp³-hybridized carbons (Fsp3) is 0.238. The Hall–Kier alpha value is -2.64. The van der Waals surface area contributed by atoms with Crippen molar-refractivity contribution in [2.24, 2.45) is 0 Å². The molecule has 0 aliphatic heterocycles. The third-order valence-electron chi connectivity index (χ3n) is 4.60. The second-order valence-electron chi connectivity index (χ2n) is 6.54. The summed E-state index contributed by atoms with van der Waals surface area (Å²) in [5, 5.41) is 5.64. The molecular formula is C21H21F2N3OS. The second-order valence-corrected chi connectivity index (χ2v) is 7.46. The van der Waals surface area contributed by atoms with Crippen molar-refractivity contribution in [2.75, 3.05) is 13.6 Å². The lowest BCUT2D eigenvalue weighted by Crippen LogP contribution is -2.38. The number of thiazole rings is 1. The van der Waals surface area contributed by atoms with Crippen molar-refractivity contribution in [3.05, 3.63) is 87.9 Å². The highest BCUT2D eigenvalue weighted by atomic mass is 32.1. The van der Waals surface area contributed by atoms with Gasteiger partial charge in [0.1, 0.15) is 22.7 Å². The molecule has 7 heteroatoms. The van der Waals surface area contributed by atoms with Crippen LogP contribution < -0.4 is 5.32 Å². The Labute approximate surface area is 166 Å². The van der Waals surface area contributed by atoms with E-state index in [1.165, 1.54) is 11.3 Å². The van der Waals surface area contributed by atoms with Crippen LogP contribution in [0.25, 0.3) is 0 Å². The number of amides is 1. The van der Waals surface area contributed by atoms with Crippen LogP contribution in [0.15, 0.2) is 60.1 Å². The molecule has 0 radical (unpaired) electrons. The van der Waals surface area contributed by atoms with E-state index in [0.29, 0.717) is 0 Å². The minimum Gasteiger partial charge on any atom is -0.342 e. The predicted octanol–water partition coefficient (Wildman–Crippen LogP) is 4.32. The molecule has 1 aromatic heterocycles. The molecule has 3 aromatic rings. The van der Waals surface area contributed by atoms with E-state index in [4.69, 9.17) is 0 Å². The van der Waals surface area contributed by atoms with Crippen LogP contribution in [-0.2, 0) is 4.79 Å². The Morgan fingerprint density at radius 1 is 1.21 bits per heavy atom. The molecule has 0 spiro atoms. The van der Waals surface area contributed by atoms with Gasteiger partial charge in [0.25, 0.3) is 0 Å². The summed E-state index contributed by atoms with van der Waals surface area (Å²) < 4.78 is 27.5. The van der Waals surface area contributed by atoms with Gasteiger partial charge in [0.2, 0.25) is 5.91 Å². The highest BCUT2D eigenvalue weighted by molar-refractivity contribution is 7.09. The molecule has 1 amide bonds. The summed E-state index contributed by atoms with van der Waals surface area (Å²) >= 11 is 1.46. The molecule has 3 rings (SSSR count). The number of benzene rings is 2. The first kappa shape index (κ1) is 20.1. The van der Waals surface area contributed by atoms with Gasteiger partial charge >= 0.3 is 0 Å². The van der Waals surface area contributed by atoms with E-state index in [0.717, 1.165) is 28.8 Å². The van der Waals surface area contributed by atoms with Gasteiger partial charge in [0.15, 0.2) is 0 Å². The van der Waals surface area contributed by atoms with Crippen molar-refractivity contribution < 1.29 is 13.6 Å². The zero-order valence-electron chi connectivity index (χ0n) is 15.6. The van der Waals surface area contributed by atoms with Crippen LogP contribution in [0.1, 0.15) is 35.1 Å². The van der Waals surface area contributed by atoms with Crippen molar-refractivity contribution >= 4 is 17.2 Å². The number of aromatic nitrogens is 1. The number of hydrogen-bond acceptors (Lipinski definition) is 4. The molecule has 1 heterocycles. The third-order valence-corrected chi connectivity index (χ3v) is 5.44. The molecule has 0 saturated carbocycles. The summed E-state index contributed by atoms with van der Waals surface area (Å²) in [6.07, 6.45) is 1.70. The third kappa shape index (κ3) is 4.79. The van der Waals surface area contributed by atoms with Gasteiger partial charge in [-0.2, -0.15) is 0 Å². The first-order chi connectivity index (χ1) is 13.5. The van der Waals surface area contributed by atoms with E-state index in [1.54, 1.807) is 25.1 Å². The van der Waals surface area contributed by atoms with Crippen LogP contribution in [0.5, 0.6) is 0 Å². The van der Waals surface area contributed by atoms with Gasteiger partial charge in [-0.15, -0.1) is 11.3 Å². The Bertz CT molecular complexity index is 919. The highest BCUT2D eigenvalue weighted by Gasteiger charge is 2.22. The Morgan fingerprint density at radius 3 is 2.64 bits per heavy atom. The van der Waals surface area contributed by atoms with Crippen LogP contribution in [0.4, 0.5) is 8.78 Å². The van der Waals surface area contributed by atoms with Crippen LogP contribution in [0, 0.1) is 11.6 Å². The lowest BCUT2D eigenvalue weighted by atomic mass is 10.1. The van der Waals surface area contributed by atoms with Crippen molar-refractivity contribution in [3.8, 4) is 0 Å². The van der Waals surface area contributed by atoms with Crippen LogP contribution in [-0.4, -0.2) is 29.4 Å². The Balaban J connectivity index is 1.71. The van der Waals surface area contributed by atoms with E-state index in [9.17, 15) is 13.6 Å². The fourth-order valence-electron chi connectivity index (χ4n) is 2.95. The van der Waals surface area contributed by atoms with Crippen molar-refractivity contribution in [2.45, 2.75) is 19.0 Å². The number of likely N-dealkylation sites (N-methyl/N-ethyl adjacent to an activating group) is 1. The minimum absolute atomic E-state index is 0.0336. The van der Waals surface area contributed by atoms with E-state index >= 15 is 0 Å². The predicted molar refractivity (Wildman–Crippen MR) is 106 cm³/mol. The minimum atomic E-state index is -0.506. The first-order valence-electron chi connectivity index (χ1n) is 8.84. The largest absolute Gasteiger partial charge is 0.342 e. The molecule has 0 aliphatic rings. The molecule has 2 unspecified atom stereocenters. The van der Waals surface area contributed by atoms with Gasteiger partial charge in [0, 0.05) is 23.2 Å². The first-order valence-corrected chi connectivity index (χ1v) is 9.72. The summed E-state index contributed by atoms with van der Waals surface area (Å²) in [5.41, 5.74) is 1.15. The average Bonchev–Trinajstić information content (AvgIpc) is 3.22. The van der Waals surface area contributed by atoms with Crippen molar-refractivity contribution in [1.29, 1.82) is 0 Å². The molecule has 0 fully saturated rings. The SMILES string of the molecule is CC(c1cc(F)ccc1F)N(C)CC(=O)NC(c1ccccc1)c1nccs1. The van der Waals surface area contributed by atoms with Crippen molar-refractivity contribution in [3.63, 3.8) is 0 Å². The monoisotopic (exact) mass is 401 g/mol. The maximum atomic E-state index is 14.0. The topological polar surface area (TPSA) is 45.2 Å². The molecule has 146 valence electrons. The van der Waals surface area contributed by atoms with E-state index in [-0.39, 0.29) is 24.1 Å². The maximum absolute atomic E-state index is 14.0. The summed E-state index contributed by atoms with van der Waals surface area (Å²) in [6.45, 7) is 1.77. The number of hydrogen-bond donors (Lipinski definition) is 1. The zero-order chi connectivity index (χ0) is 20.1. The molecule has 0 bridgehead atoms. The summed E-state index contributed by atoms with van der Waals surface area (Å²) in [5.74, 6) is -1.23. The lowest BCUT2D eigenvalue weighted by Gasteiger charge is -2.26. The summed E-state index contributed by atoms with van der Waals surface area (Å²) in [6, 6.07) is 12.1. The van der Waals surface area contributed by atoms with Gasteiger partial charge < -0.3 is 5.32 Å². The van der Waals surface area contributed by atoms with Crippen LogP contribution in [0.3, 0.4) is 0 Å². The Kier molecular flexibility index (Phi) is 6.49. The van der Waals surface area contributed by atoms with Crippen LogP contribution >= 0.6 is 11.3 Å². The van der Waals surface area contributed by atoms with Crippen LogP contribution in [0.2, 0.25) is 0 Å². The van der Waals surface area contributed by atoms with E-state index < -0.39 is 17.7 Å². The number of carbonyl (C=O) groups is 1. The number of nitrogens with zero attached hydrogens (tertiary/aromatic N) is 2. The molecule has 1 N–H and O–H groups in total. The molecule has 2 aromatic carbocycles. The standard InChI is InChI=1S/C21H21F2N3OS/c1-14(17-12-16(22)8-9-18(17)23)26(2)13-19(27)25-20(21-24-10-11-28-21)15-6-4-3-5-7-15/h3-12,14,20H,13H2,1-2H3,(H,25,27). The normalized spacial score (nSPS) is 13.3. The molecule has 4 nitrogen and oxygen atoms in total. The Morgan fingerprint density at radius 2 is 1.96 bits per heavy atom. The van der Waals surface area contributed by atoms with Crippen molar-refractivity contribution in [1.82, 2.24) is 15.2 Å². The van der Waals surface area contributed by atoms with E-state index in [2.05, 4.69) is 10.3 Å². The van der Waals surface area contributed by atoms with Gasteiger partial charge in [-0.05, 0) is 37.7 Å². The highest BCUT2D eigenvalue weighted by Crippen LogP contribution is 2.25. The lowest BCUT2D eigenvalue weighted by molar-refractivity contribution is -0.122. The number of carbonyl (C=O) groups excluding carboxylic acids is 1. The molecular weight excluding hydrogens is 380 g/mol. The van der Waals surface area contributed by atoms with Gasteiger partial charge in [0.05, 0.1) is 6.54 Å². The number of nitrogens with one attached hydrogen (secondary N) is 1. The van der Waals surface area contributed by atoms with Gasteiger partial charge in [-0.25, -0.2) is 13.8 Å². The number of halogens is 2. The molecule has 0 saturated heterocycles. The summed E-state index contributed by atoms with van der Waals surface area (Å²) in [4.78, 5) is 18.7. The quantitative estimate of drug-likeness (QED) is 0.641. The fourth-order valence-corrected chi connectivity index (χ4v) is 3.67. The number of rotatable bonds is 7. The summed E-state index contributed by atoms with van der Waals surface area (Å²) in [7, 11) is 1.70. The smallest absolute Gasteiger partial charge is 0.235 e. The average molecular weight is 401 g/mol. The second kappa shape index (κ2) is 9.03. The zero-order valence-corrected chi connectivity index (χ0v) is 16.4. The molecule has 0 aliphatic carbocycles. The molecule has 28 heavy (non-hydrogen) atoms. The van der Waals surface area contributed by atoms with Gasteiger partial charge in [-0.1, -0.05) is 30.3 Å². The maximum Gasteiger partial charge on any atom is 0.235 e. The molecule has 2 atom stereocenters.